The highest BCUT2D eigenvalue weighted by molar-refractivity contribution is 7.17. The molecule has 2 aromatic rings. The first kappa shape index (κ1) is 12.0. The van der Waals surface area contributed by atoms with Gasteiger partial charge in [0.25, 0.3) is 0 Å². The average Bonchev–Trinajstić information content (AvgIpc) is 2.82. The molecule has 2 N–H and O–H groups in total. The van der Waals surface area contributed by atoms with Gasteiger partial charge in [-0.15, -0.1) is 11.3 Å². The first-order valence-corrected chi connectivity index (χ1v) is 6.61. The number of nitrogens with zero attached hydrogens (tertiary/aromatic N) is 2. The molecule has 0 saturated heterocycles. The highest BCUT2D eigenvalue weighted by Crippen LogP contribution is 2.23. The van der Waals surface area contributed by atoms with Gasteiger partial charge in [-0.1, -0.05) is 11.3 Å². The van der Waals surface area contributed by atoms with Crippen LogP contribution in [-0.2, 0) is 6.54 Å². The molecule has 0 aliphatic rings. The van der Waals surface area contributed by atoms with Crippen LogP contribution in [0.3, 0.4) is 0 Å². The Kier molecular flexibility index (Phi) is 3.39. The van der Waals surface area contributed by atoms with E-state index in [4.69, 9.17) is 5.11 Å². The van der Waals surface area contributed by atoms with Crippen LogP contribution in [0.15, 0.2) is 5.38 Å². The number of anilines is 1. The normalized spacial score (nSPS) is 10.5. The first-order valence-electron chi connectivity index (χ1n) is 4.92. The minimum atomic E-state index is -0.932. The number of carboxylic acids is 1. The molecule has 90 valence electrons. The number of aryl methyl sites for hydroxylation is 2. The second-order valence-corrected chi connectivity index (χ2v) is 5.42. The van der Waals surface area contributed by atoms with E-state index in [1.54, 1.807) is 18.3 Å². The lowest BCUT2D eigenvalue weighted by molar-refractivity contribution is 0.0701. The lowest BCUT2D eigenvalue weighted by Crippen LogP contribution is -1.98. The van der Waals surface area contributed by atoms with Gasteiger partial charge in [0.05, 0.1) is 12.2 Å². The Morgan fingerprint density at radius 1 is 1.47 bits per heavy atom. The van der Waals surface area contributed by atoms with E-state index in [0.717, 1.165) is 22.0 Å². The van der Waals surface area contributed by atoms with Gasteiger partial charge >= 0.3 is 5.97 Å². The molecule has 0 spiro atoms. The van der Waals surface area contributed by atoms with Crippen LogP contribution in [0, 0.1) is 13.8 Å². The molecule has 2 aromatic heterocycles. The molecule has 0 atom stereocenters. The van der Waals surface area contributed by atoms with Crippen molar-refractivity contribution in [3.8, 4) is 0 Å². The van der Waals surface area contributed by atoms with Crippen molar-refractivity contribution >= 4 is 33.8 Å². The van der Waals surface area contributed by atoms with Crippen LogP contribution in [0.2, 0.25) is 0 Å². The largest absolute Gasteiger partial charge is 0.477 e. The van der Waals surface area contributed by atoms with E-state index in [-0.39, 0.29) is 4.88 Å². The number of hydrogen-bond donors (Lipinski definition) is 2. The fraction of sp³-hybridized carbons (Fsp3) is 0.300. The Morgan fingerprint density at radius 3 is 2.76 bits per heavy atom. The van der Waals surface area contributed by atoms with Crippen LogP contribution in [0.4, 0.5) is 5.13 Å². The Labute approximate surface area is 106 Å². The third kappa shape index (κ3) is 2.80. The lowest BCUT2D eigenvalue weighted by atomic mass is 10.4. The van der Waals surface area contributed by atoms with E-state index < -0.39 is 5.97 Å². The standard InChI is InChI=1S/C10H11N3O2S2/c1-5-4-16-7(12-5)3-11-10-13-6(2)8(17-10)9(14)15/h4H,3H2,1-2H3,(H,11,13)(H,14,15). The maximum atomic E-state index is 10.8. The third-order valence-electron chi connectivity index (χ3n) is 2.05. The minimum Gasteiger partial charge on any atom is -0.477 e. The number of carboxylic acid groups (broad SMARTS) is 1. The summed E-state index contributed by atoms with van der Waals surface area (Å²) in [6.07, 6.45) is 0. The van der Waals surface area contributed by atoms with Gasteiger partial charge in [-0.3, -0.25) is 0 Å². The van der Waals surface area contributed by atoms with Gasteiger partial charge in [-0.25, -0.2) is 14.8 Å². The number of hydrogen-bond acceptors (Lipinski definition) is 6. The highest BCUT2D eigenvalue weighted by atomic mass is 32.1. The van der Waals surface area contributed by atoms with Crippen LogP contribution in [-0.4, -0.2) is 21.0 Å². The molecule has 7 heteroatoms. The van der Waals surface area contributed by atoms with Gasteiger partial charge in [-0.05, 0) is 13.8 Å². The van der Waals surface area contributed by atoms with Crippen molar-refractivity contribution in [3.63, 3.8) is 0 Å². The molecule has 0 bridgehead atoms. The summed E-state index contributed by atoms with van der Waals surface area (Å²) in [6, 6.07) is 0. The van der Waals surface area contributed by atoms with Gasteiger partial charge in [0.15, 0.2) is 5.13 Å². The SMILES string of the molecule is Cc1csc(CNc2nc(C)c(C(=O)O)s2)n1. The van der Waals surface area contributed by atoms with Gasteiger partial charge in [-0.2, -0.15) is 0 Å². The Hall–Kier alpha value is -1.47. The molecule has 2 heterocycles. The fourth-order valence-electron chi connectivity index (χ4n) is 1.31. The molecule has 0 amide bonds. The predicted octanol–water partition coefficient (Wildman–Crippen LogP) is 2.53. The number of aromatic nitrogens is 2. The Bertz CT molecular complexity index is 547. The lowest BCUT2D eigenvalue weighted by Gasteiger charge is -1.97. The Balaban J connectivity index is 2.04. The van der Waals surface area contributed by atoms with Crippen LogP contribution in [0.1, 0.15) is 26.1 Å². The van der Waals surface area contributed by atoms with Gasteiger partial charge in [0.1, 0.15) is 9.88 Å². The third-order valence-corrected chi connectivity index (χ3v) is 4.12. The summed E-state index contributed by atoms with van der Waals surface area (Å²) in [7, 11) is 0. The summed E-state index contributed by atoms with van der Waals surface area (Å²) in [5, 5.41) is 15.5. The van der Waals surface area contributed by atoms with Crippen molar-refractivity contribution in [3.05, 3.63) is 26.7 Å². The maximum Gasteiger partial charge on any atom is 0.347 e. The Morgan fingerprint density at radius 2 is 2.24 bits per heavy atom. The number of rotatable bonds is 4. The fourth-order valence-corrected chi connectivity index (χ4v) is 2.82. The zero-order valence-electron chi connectivity index (χ0n) is 9.35. The number of aromatic carboxylic acids is 1. The van der Waals surface area contributed by atoms with Crippen molar-refractivity contribution in [2.24, 2.45) is 0 Å². The van der Waals surface area contributed by atoms with Gasteiger partial charge in [0, 0.05) is 11.1 Å². The summed E-state index contributed by atoms with van der Waals surface area (Å²) in [4.78, 5) is 19.6. The molecular formula is C10H11N3O2S2. The van der Waals surface area contributed by atoms with E-state index in [0.29, 0.717) is 17.4 Å². The minimum absolute atomic E-state index is 0.280. The number of nitrogens with one attached hydrogen (secondary N) is 1. The highest BCUT2D eigenvalue weighted by Gasteiger charge is 2.13. The molecule has 0 fully saturated rings. The molecule has 17 heavy (non-hydrogen) atoms. The van der Waals surface area contributed by atoms with Crippen LogP contribution >= 0.6 is 22.7 Å². The maximum absolute atomic E-state index is 10.8. The smallest absolute Gasteiger partial charge is 0.347 e. The topological polar surface area (TPSA) is 75.1 Å². The molecule has 2 rings (SSSR count). The van der Waals surface area contributed by atoms with Crippen molar-refractivity contribution in [1.29, 1.82) is 0 Å². The molecule has 0 aromatic carbocycles. The monoisotopic (exact) mass is 269 g/mol. The van der Waals surface area contributed by atoms with E-state index in [1.807, 2.05) is 12.3 Å². The summed E-state index contributed by atoms with van der Waals surface area (Å²) >= 11 is 2.72. The van der Waals surface area contributed by atoms with Crippen molar-refractivity contribution in [2.75, 3.05) is 5.32 Å². The van der Waals surface area contributed by atoms with E-state index in [9.17, 15) is 4.79 Å². The number of thiazole rings is 2. The van der Waals surface area contributed by atoms with Crippen LogP contribution < -0.4 is 5.32 Å². The van der Waals surface area contributed by atoms with Crippen LogP contribution in [0.25, 0.3) is 0 Å². The van der Waals surface area contributed by atoms with Crippen molar-refractivity contribution in [2.45, 2.75) is 20.4 Å². The predicted molar refractivity (Wildman–Crippen MR) is 68.0 cm³/mol. The molecule has 5 nitrogen and oxygen atoms in total. The molecule has 0 aliphatic heterocycles. The summed E-state index contributed by atoms with van der Waals surface area (Å²) in [5.41, 5.74) is 1.54. The number of carbonyl (C=O) groups is 1. The second-order valence-electron chi connectivity index (χ2n) is 3.47. The zero-order chi connectivity index (χ0) is 12.4. The first-order chi connectivity index (χ1) is 8.06. The molecule has 0 unspecified atom stereocenters. The summed E-state index contributed by atoms with van der Waals surface area (Å²) in [5.74, 6) is -0.932. The van der Waals surface area contributed by atoms with E-state index >= 15 is 0 Å². The summed E-state index contributed by atoms with van der Waals surface area (Å²) in [6.45, 7) is 4.21. The van der Waals surface area contributed by atoms with Crippen LogP contribution in [0.5, 0.6) is 0 Å². The average molecular weight is 269 g/mol. The quantitative estimate of drug-likeness (QED) is 0.892. The van der Waals surface area contributed by atoms with Gasteiger partial charge < -0.3 is 10.4 Å². The van der Waals surface area contributed by atoms with Crippen molar-refractivity contribution < 1.29 is 9.90 Å². The molecular weight excluding hydrogens is 258 g/mol. The molecule has 0 saturated carbocycles. The molecule has 0 aliphatic carbocycles. The zero-order valence-corrected chi connectivity index (χ0v) is 11.0. The molecule has 0 radical (unpaired) electrons. The van der Waals surface area contributed by atoms with Crippen molar-refractivity contribution in [1.82, 2.24) is 9.97 Å². The summed E-state index contributed by atoms with van der Waals surface area (Å²) < 4.78 is 0. The second kappa shape index (κ2) is 4.80. The van der Waals surface area contributed by atoms with Gasteiger partial charge in [0.2, 0.25) is 0 Å². The van der Waals surface area contributed by atoms with E-state index in [2.05, 4.69) is 15.3 Å². The van der Waals surface area contributed by atoms with E-state index in [1.165, 1.54) is 0 Å².